The highest BCUT2D eigenvalue weighted by Crippen LogP contribution is 2.02. The normalized spacial score (nSPS) is 12.9. The number of rotatable bonds is 1. The molecule has 7 heavy (non-hydrogen) atoms. The lowest BCUT2D eigenvalue weighted by Gasteiger charge is -2.22. The smallest absolute Gasteiger partial charge is 0.150 e. The highest BCUT2D eigenvalue weighted by molar-refractivity contribution is 4.57. The molecule has 0 aliphatic carbocycles. The van der Waals surface area contributed by atoms with E-state index in [1.54, 1.807) is 32.8 Å². The van der Waals surface area contributed by atoms with Crippen LogP contribution in [0.25, 0.3) is 0 Å². The van der Waals surface area contributed by atoms with E-state index < -0.39 is 5.72 Å². The van der Waals surface area contributed by atoms with Crippen LogP contribution in [0, 0.1) is 0 Å². The Hall–Kier alpha value is -0.0800. The molecule has 0 aromatic heterocycles. The Labute approximate surface area is 44.8 Å². The van der Waals surface area contributed by atoms with Gasteiger partial charge in [0.2, 0.25) is 0 Å². The predicted octanol–water partition coefficient (Wildman–Crippen LogP) is 0.715. The second-order valence-corrected chi connectivity index (χ2v) is 2.34. The van der Waals surface area contributed by atoms with Crippen molar-refractivity contribution in [2.75, 3.05) is 14.1 Å². The molecule has 43 valence electrons. The van der Waals surface area contributed by atoms with Crippen molar-refractivity contribution in [3.8, 4) is 0 Å². The monoisotopic (exact) mass is 102 g/mol. The molecule has 0 amide bonds. The summed E-state index contributed by atoms with van der Waals surface area (Å²) in [6, 6.07) is 0. The Morgan fingerprint density at radius 3 is 1.43 bits per heavy atom. The molecule has 0 aromatic rings. The summed E-state index contributed by atoms with van der Waals surface area (Å²) in [5.74, 6) is 0. The maximum Gasteiger partial charge on any atom is 0.150 e. The molecule has 0 aliphatic rings. The number of hydrogen-bond acceptors (Lipinski definition) is 1. The average Bonchev–Trinajstić information content (AvgIpc) is 1.31. The van der Waals surface area contributed by atoms with Gasteiger partial charge in [-0.1, -0.05) is 0 Å². The van der Waals surface area contributed by atoms with E-state index in [-0.39, 0.29) is 0 Å². The lowest BCUT2D eigenvalue weighted by molar-refractivity contribution is -0.103. The van der Waals surface area contributed by atoms with E-state index in [9.17, 15) is 5.11 Å². The van der Waals surface area contributed by atoms with Crippen molar-refractivity contribution in [1.82, 2.24) is 4.90 Å². The van der Waals surface area contributed by atoms with Crippen LogP contribution in [-0.2, 0) is 5.11 Å². The molecule has 2 heteroatoms. The quantitative estimate of drug-likeness (QED) is 0.447. The van der Waals surface area contributed by atoms with Crippen molar-refractivity contribution >= 4 is 0 Å². The summed E-state index contributed by atoms with van der Waals surface area (Å²) in [7, 11) is 3.54. The largest absolute Gasteiger partial charge is 0.280 e. The van der Waals surface area contributed by atoms with Gasteiger partial charge < -0.3 is 0 Å². The fraction of sp³-hybridized carbons (Fsp3) is 1.00. The lowest BCUT2D eigenvalue weighted by atomic mass is 10.3. The van der Waals surface area contributed by atoms with E-state index in [0.717, 1.165) is 0 Å². The van der Waals surface area contributed by atoms with E-state index in [1.807, 2.05) is 0 Å². The Balaban J connectivity index is 3.54. The fourth-order valence-corrected chi connectivity index (χ4v) is 0. The van der Waals surface area contributed by atoms with Gasteiger partial charge in [0, 0.05) is 0 Å². The lowest BCUT2D eigenvalue weighted by Crippen LogP contribution is -2.35. The van der Waals surface area contributed by atoms with E-state index in [2.05, 4.69) is 0 Å². The van der Waals surface area contributed by atoms with Gasteiger partial charge in [-0.3, -0.25) is 4.90 Å². The van der Waals surface area contributed by atoms with Crippen molar-refractivity contribution in [2.45, 2.75) is 19.6 Å². The van der Waals surface area contributed by atoms with Crippen LogP contribution in [0.4, 0.5) is 0 Å². The van der Waals surface area contributed by atoms with E-state index in [0.29, 0.717) is 0 Å². The van der Waals surface area contributed by atoms with Gasteiger partial charge in [0.1, 0.15) is 0 Å². The molecule has 0 aromatic carbocycles. The molecule has 0 heterocycles. The van der Waals surface area contributed by atoms with Gasteiger partial charge in [-0.25, -0.2) is 5.11 Å². The molecule has 0 spiro atoms. The summed E-state index contributed by atoms with van der Waals surface area (Å²) in [4.78, 5) is 1.63. The van der Waals surface area contributed by atoms with Crippen LogP contribution < -0.4 is 0 Å². The van der Waals surface area contributed by atoms with Crippen molar-refractivity contribution in [1.29, 1.82) is 0 Å². The molecular formula is C5H12NO. The Bertz CT molecular complexity index is 53.6. The van der Waals surface area contributed by atoms with Crippen LogP contribution in [0.2, 0.25) is 0 Å². The first-order valence-corrected chi connectivity index (χ1v) is 2.32. The van der Waals surface area contributed by atoms with Crippen LogP contribution in [-0.4, -0.2) is 24.7 Å². The first-order valence-electron chi connectivity index (χ1n) is 2.32. The summed E-state index contributed by atoms with van der Waals surface area (Å²) < 4.78 is 0. The number of hydrogen-bond donors (Lipinski definition) is 0. The summed E-state index contributed by atoms with van der Waals surface area (Å²) in [6.45, 7) is 3.26. The summed E-state index contributed by atoms with van der Waals surface area (Å²) in [6.07, 6.45) is 0. The van der Waals surface area contributed by atoms with Gasteiger partial charge in [-0.2, -0.15) is 0 Å². The van der Waals surface area contributed by atoms with Crippen molar-refractivity contribution in [3.05, 3.63) is 0 Å². The van der Waals surface area contributed by atoms with Crippen LogP contribution in [0.3, 0.4) is 0 Å². The van der Waals surface area contributed by atoms with E-state index in [1.165, 1.54) is 0 Å². The van der Waals surface area contributed by atoms with Crippen molar-refractivity contribution in [3.63, 3.8) is 0 Å². The Morgan fingerprint density at radius 1 is 1.29 bits per heavy atom. The zero-order valence-electron chi connectivity index (χ0n) is 5.36. The zero-order chi connectivity index (χ0) is 6.08. The highest BCUT2D eigenvalue weighted by atomic mass is 16.3. The SMILES string of the molecule is CN(C)C(C)(C)[O]. The Kier molecular flexibility index (Phi) is 1.78. The second kappa shape index (κ2) is 1.80. The van der Waals surface area contributed by atoms with Gasteiger partial charge in [0.05, 0.1) is 0 Å². The molecule has 0 bridgehead atoms. The van der Waals surface area contributed by atoms with Gasteiger partial charge >= 0.3 is 0 Å². The van der Waals surface area contributed by atoms with Crippen LogP contribution in [0.1, 0.15) is 13.8 Å². The van der Waals surface area contributed by atoms with Crippen molar-refractivity contribution < 1.29 is 5.11 Å². The predicted molar refractivity (Wildman–Crippen MR) is 28.5 cm³/mol. The summed E-state index contributed by atoms with van der Waals surface area (Å²) >= 11 is 0. The molecule has 0 unspecified atom stereocenters. The van der Waals surface area contributed by atoms with Crippen molar-refractivity contribution in [2.24, 2.45) is 0 Å². The summed E-state index contributed by atoms with van der Waals surface area (Å²) in [5.41, 5.74) is -0.917. The minimum Gasteiger partial charge on any atom is -0.280 e. The van der Waals surface area contributed by atoms with E-state index in [4.69, 9.17) is 0 Å². The molecule has 0 saturated carbocycles. The Morgan fingerprint density at radius 2 is 1.43 bits per heavy atom. The molecule has 0 atom stereocenters. The standard InChI is InChI=1S/C5H12NO/c1-5(2,7)6(3)4/h1-4H3. The molecule has 0 rings (SSSR count). The maximum atomic E-state index is 10.7. The maximum absolute atomic E-state index is 10.7. The molecule has 0 fully saturated rings. The molecular weight excluding hydrogens is 90.1 g/mol. The van der Waals surface area contributed by atoms with Crippen LogP contribution in [0.5, 0.6) is 0 Å². The second-order valence-electron chi connectivity index (χ2n) is 2.34. The first kappa shape index (κ1) is 6.92. The van der Waals surface area contributed by atoms with E-state index >= 15 is 0 Å². The molecule has 2 nitrogen and oxygen atoms in total. The third-order valence-electron chi connectivity index (χ3n) is 1.08. The third kappa shape index (κ3) is 2.60. The minimum atomic E-state index is -0.917. The fourth-order valence-electron chi connectivity index (χ4n) is 0. The van der Waals surface area contributed by atoms with Gasteiger partial charge in [-0.15, -0.1) is 0 Å². The van der Waals surface area contributed by atoms with Gasteiger partial charge in [0.15, 0.2) is 5.72 Å². The van der Waals surface area contributed by atoms with Gasteiger partial charge in [0.25, 0.3) is 0 Å². The molecule has 1 radical (unpaired) electrons. The average molecular weight is 102 g/mol. The topological polar surface area (TPSA) is 23.1 Å². The van der Waals surface area contributed by atoms with Crippen LogP contribution in [0.15, 0.2) is 0 Å². The number of nitrogens with zero attached hydrogens (tertiary/aromatic N) is 1. The summed E-state index contributed by atoms with van der Waals surface area (Å²) in [5, 5.41) is 10.7. The zero-order valence-corrected chi connectivity index (χ0v) is 5.36. The molecule has 0 aliphatic heterocycles. The highest BCUT2D eigenvalue weighted by Gasteiger charge is 2.16. The van der Waals surface area contributed by atoms with Crippen LogP contribution >= 0.6 is 0 Å². The molecule has 0 N–H and O–H groups in total. The minimum absolute atomic E-state index is 0.917. The molecule has 0 saturated heterocycles. The first-order chi connectivity index (χ1) is 2.94. The van der Waals surface area contributed by atoms with Gasteiger partial charge in [-0.05, 0) is 27.9 Å². The third-order valence-corrected chi connectivity index (χ3v) is 1.08.